The van der Waals surface area contributed by atoms with E-state index in [1.807, 2.05) is 37.4 Å². The Morgan fingerprint density at radius 3 is 2.87 bits per heavy atom. The van der Waals surface area contributed by atoms with Crippen molar-refractivity contribution in [2.75, 3.05) is 33.3 Å². The third-order valence-electron chi connectivity index (χ3n) is 3.78. The maximum atomic E-state index is 12.0. The lowest BCUT2D eigenvalue weighted by molar-refractivity contribution is -0.128. The second-order valence-electron chi connectivity index (χ2n) is 5.68. The Morgan fingerprint density at radius 1 is 1.35 bits per heavy atom. The molecule has 0 bridgehead atoms. The van der Waals surface area contributed by atoms with Gasteiger partial charge in [-0.15, -0.1) is 0 Å². The minimum absolute atomic E-state index is 0.0143. The second kappa shape index (κ2) is 9.15. The average molecular weight is 319 g/mol. The maximum Gasteiger partial charge on any atom is 0.224 e. The fourth-order valence-corrected chi connectivity index (χ4v) is 2.60. The molecule has 6 heteroatoms. The number of nitrogens with zero attached hydrogens (tertiary/aromatic N) is 1. The van der Waals surface area contributed by atoms with Crippen molar-refractivity contribution in [3.05, 3.63) is 30.3 Å². The van der Waals surface area contributed by atoms with Gasteiger partial charge in [0.15, 0.2) is 0 Å². The lowest BCUT2D eigenvalue weighted by atomic mass is 10.2. The first-order valence-electron chi connectivity index (χ1n) is 8.08. The molecule has 6 nitrogen and oxygen atoms in total. The molecule has 1 aromatic carbocycles. The normalized spacial score (nSPS) is 17.3. The van der Waals surface area contributed by atoms with Gasteiger partial charge in [0.05, 0.1) is 12.6 Å². The molecule has 1 atom stereocenters. The van der Waals surface area contributed by atoms with Crippen LogP contribution < -0.4 is 15.4 Å². The number of likely N-dealkylation sites (tertiary alicyclic amines) is 1. The molecule has 2 rings (SSSR count). The summed E-state index contributed by atoms with van der Waals surface area (Å²) in [5.74, 6) is 0.885. The highest BCUT2D eigenvalue weighted by atomic mass is 16.5. The van der Waals surface area contributed by atoms with Crippen molar-refractivity contribution >= 4 is 11.8 Å². The summed E-state index contributed by atoms with van der Waals surface area (Å²) in [4.78, 5) is 25.5. The van der Waals surface area contributed by atoms with E-state index in [4.69, 9.17) is 4.74 Å². The Balaban J connectivity index is 1.67. The molecule has 126 valence electrons. The number of hydrogen-bond donors (Lipinski definition) is 2. The number of hydrogen-bond acceptors (Lipinski definition) is 4. The number of rotatable bonds is 9. The second-order valence-corrected chi connectivity index (χ2v) is 5.68. The Morgan fingerprint density at radius 2 is 2.13 bits per heavy atom. The number of benzene rings is 1. The van der Waals surface area contributed by atoms with Crippen LogP contribution in [0.1, 0.15) is 19.3 Å². The van der Waals surface area contributed by atoms with E-state index in [0.29, 0.717) is 32.5 Å². The fraction of sp³-hybridized carbons (Fsp3) is 0.529. The number of nitrogens with one attached hydrogen (secondary N) is 2. The number of carbonyl (C=O) groups excluding carboxylic acids is 2. The lowest BCUT2D eigenvalue weighted by Crippen LogP contribution is -2.38. The van der Waals surface area contributed by atoms with Gasteiger partial charge in [-0.2, -0.15) is 0 Å². The highest BCUT2D eigenvalue weighted by Crippen LogP contribution is 2.12. The van der Waals surface area contributed by atoms with E-state index in [2.05, 4.69) is 10.6 Å². The number of carbonyl (C=O) groups is 2. The molecule has 0 saturated carbocycles. The van der Waals surface area contributed by atoms with E-state index in [9.17, 15) is 9.59 Å². The summed E-state index contributed by atoms with van der Waals surface area (Å²) in [6, 6.07) is 9.45. The van der Waals surface area contributed by atoms with Gasteiger partial charge in [-0.3, -0.25) is 9.59 Å². The van der Waals surface area contributed by atoms with Crippen molar-refractivity contribution in [1.82, 2.24) is 15.5 Å². The summed E-state index contributed by atoms with van der Waals surface area (Å²) in [6.07, 6.45) is 1.67. The van der Waals surface area contributed by atoms with Gasteiger partial charge < -0.3 is 20.3 Å². The molecular weight excluding hydrogens is 294 g/mol. The smallest absolute Gasteiger partial charge is 0.224 e. The Hall–Kier alpha value is -2.08. The summed E-state index contributed by atoms with van der Waals surface area (Å²) < 4.78 is 5.61. The third kappa shape index (κ3) is 5.90. The molecule has 1 fully saturated rings. The molecule has 1 aromatic rings. The zero-order chi connectivity index (χ0) is 16.5. The van der Waals surface area contributed by atoms with Crippen molar-refractivity contribution in [1.29, 1.82) is 0 Å². The summed E-state index contributed by atoms with van der Waals surface area (Å²) in [6.45, 7) is 2.38. The minimum atomic E-state index is -0.0821. The maximum absolute atomic E-state index is 12.0. The molecule has 2 amide bonds. The van der Waals surface area contributed by atoms with Gasteiger partial charge in [0.25, 0.3) is 0 Å². The monoisotopic (exact) mass is 319 g/mol. The van der Waals surface area contributed by atoms with Crippen LogP contribution in [-0.4, -0.2) is 56.0 Å². The predicted octanol–water partition coefficient (Wildman–Crippen LogP) is 0.782. The van der Waals surface area contributed by atoms with Crippen LogP contribution in [0.15, 0.2) is 30.3 Å². The van der Waals surface area contributed by atoms with Crippen molar-refractivity contribution < 1.29 is 14.3 Å². The number of ether oxygens (including phenoxy) is 1. The lowest BCUT2D eigenvalue weighted by Gasteiger charge is -2.17. The van der Waals surface area contributed by atoms with Crippen LogP contribution >= 0.6 is 0 Å². The topological polar surface area (TPSA) is 70.7 Å². The van der Waals surface area contributed by atoms with E-state index in [-0.39, 0.29) is 17.9 Å². The molecule has 1 aliphatic heterocycles. The van der Waals surface area contributed by atoms with Crippen molar-refractivity contribution in [3.8, 4) is 5.75 Å². The summed E-state index contributed by atoms with van der Waals surface area (Å²) in [5.41, 5.74) is 0. The van der Waals surface area contributed by atoms with E-state index in [0.717, 1.165) is 18.7 Å². The van der Waals surface area contributed by atoms with Gasteiger partial charge in [-0.25, -0.2) is 0 Å². The van der Waals surface area contributed by atoms with Crippen LogP contribution in [0.2, 0.25) is 0 Å². The third-order valence-corrected chi connectivity index (χ3v) is 3.78. The van der Waals surface area contributed by atoms with Crippen LogP contribution in [-0.2, 0) is 9.59 Å². The molecule has 1 heterocycles. The number of para-hydroxylation sites is 1. The highest BCUT2D eigenvalue weighted by Gasteiger charge is 2.30. The predicted molar refractivity (Wildman–Crippen MR) is 88.2 cm³/mol. The summed E-state index contributed by atoms with van der Waals surface area (Å²) in [5, 5.41) is 5.95. The molecule has 0 aromatic heterocycles. The first kappa shape index (κ1) is 17.3. The van der Waals surface area contributed by atoms with Gasteiger partial charge in [0.2, 0.25) is 11.8 Å². The number of amides is 2. The van der Waals surface area contributed by atoms with Crippen molar-refractivity contribution in [2.45, 2.75) is 25.3 Å². The quantitative estimate of drug-likeness (QED) is 0.660. The molecule has 23 heavy (non-hydrogen) atoms. The van der Waals surface area contributed by atoms with Crippen LogP contribution in [0.4, 0.5) is 0 Å². The van der Waals surface area contributed by atoms with Crippen LogP contribution in [0.25, 0.3) is 0 Å². The van der Waals surface area contributed by atoms with Gasteiger partial charge in [0, 0.05) is 19.4 Å². The van der Waals surface area contributed by atoms with Gasteiger partial charge >= 0.3 is 0 Å². The van der Waals surface area contributed by atoms with Gasteiger partial charge in [-0.05, 0) is 32.1 Å². The minimum Gasteiger partial charge on any atom is -0.492 e. The Bertz CT molecular complexity index is 507. The average Bonchev–Trinajstić information content (AvgIpc) is 2.88. The van der Waals surface area contributed by atoms with Crippen molar-refractivity contribution in [3.63, 3.8) is 0 Å². The molecule has 2 N–H and O–H groups in total. The van der Waals surface area contributed by atoms with E-state index in [1.54, 1.807) is 4.90 Å². The molecule has 1 unspecified atom stereocenters. The Labute approximate surface area is 137 Å². The zero-order valence-corrected chi connectivity index (χ0v) is 13.6. The molecule has 0 spiro atoms. The summed E-state index contributed by atoms with van der Waals surface area (Å²) >= 11 is 0. The van der Waals surface area contributed by atoms with E-state index in [1.165, 1.54) is 0 Å². The van der Waals surface area contributed by atoms with Crippen LogP contribution in [0.3, 0.4) is 0 Å². The SMILES string of the molecule is CNCCCC(=O)NC1CC(=O)N(CCOc2ccccc2)C1. The van der Waals surface area contributed by atoms with Crippen LogP contribution in [0.5, 0.6) is 5.75 Å². The fourth-order valence-electron chi connectivity index (χ4n) is 2.60. The van der Waals surface area contributed by atoms with E-state index >= 15 is 0 Å². The van der Waals surface area contributed by atoms with Gasteiger partial charge in [0.1, 0.15) is 12.4 Å². The largest absolute Gasteiger partial charge is 0.492 e. The first-order valence-corrected chi connectivity index (χ1v) is 8.08. The first-order chi connectivity index (χ1) is 11.2. The standard InChI is InChI=1S/C17H25N3O3/c1-18-9-5-8-16(21)19-14-12-17(22)20(13-14)10-11-23-15-6-3-2-4-7-15/h2-4,6-7,14,18H,5,8-13H2,1H3,(H,19,21). The highest BCUT2D eigenvalue weighted by molar-refractivity contribution is 5.82. The molecule has 1 aliphatic rings. The van der Waals surface area contributed by atoms with E-state index < -0.39 is 0 Å². The van der Waals surface area contributed by atoms with Crippen LogP contribution in [0, 0.1) is 0 Å². The van der Waals surface area contributed by atoms with Crippen molar-refractivity contribution in [2.24, 2.45) is 0 Å². The summed E-state index contributed by atoms with van der Waals surface area (Å²) in [7, 11) is 1.86. The Kier molecular flexibility index (Phi) is 6.87. The van der Waals surface area contributed by atoms with Gasteiger partial charge in [-0.1, -0.05) is 18.2 Å². The molecule has 1 saturated heterocycles. The molecule has 0 aliphatic carbocycles. The molecular formula is C17H25N3O3. The molecule has 0 radical (unpaired) electrons. The zero-order valence-electron chi connectivity index (χ0n) is 13.6.